The lowest BCUT2D eigenvalue weighted by Crippen LogP contribution is -2.19. The second-order valence-electron chi connectivity index (χ2n) is 3.58. The van der Waals surface area contributed by atoms with Crippen LogP contribution in [0.1, 0.15) is 10.5 Å². The summed E-state index contributed by atoms with van der Waals surface area (Å²) in [5.41, 5.74) is 0.840. The van der Waals surface area contributed by atoms with Gasteiger partial charge in [-0.15, -0.1) is 0 Å². The highest BCUT2D eigenvalue weighted by Gasteiger charge is 2.07. The largest absolute Gasteiger partial charge is 0.323 e. The lowest BCUT2D eigenvalue weighted by Gasteiger charge is -2.06. The van der Waals surface area contributed by atoms with E-state index in [1.165, 1.54) is 10.7 Å². The van der Waals surface area contributed by atoms with Gasteiger partial charge in [-0.05, 0) is 18.2 Å². The van der Waals surface area contributed by atoms with Crippen molar-refractivity contribution < 1.29 is 9.59 Å². The van der Waals surface area contributed by atoms with Crippen molar-refractivity contribution in [1.82, 2.24) is 9.78 Å². The number of anilines is 1. The topological polar surface area (TPSA) is 64.0 Å². The van der Waals surface area contributed by atoms with Crippen LogP contribution in [-0.4, -0.2) is 22.0 Å². The van der Waals surface area contributed by atoms with Gasteiger partial charge in [0.1, 0.15) is 12.2 Å². The third-order valence-corrected chi connectivity index (χ3v) is 2.57. The number of nitrogens with one attached hydrogen (secondary N) is 1. The first kappa shape index (κ1) is 12.3. The van der Waals surface area contributed by atoms with Gasteiger partial charge in [0.15, 0.2) is 6.29 Å². The van der Waals surface area contributed by atoms with Crippen LogP contribution in [0.25, 0.3) is 0 Å². The maximum absolute atomic E-state index is 11.7. The van der Waals surface area contributed by atoms with E-state index in [9.17, 15) is 9.59 Å². The monoisotopic (exact) mass is 263 g/mol. The summed E-state index contributed by atoms with van der Waals surface area (Å²) in [6, 6.07) is 8.49. The molecule has 1 heterocycles. The number of benzene rings is 1. The fourth-order valence-electron chi connectivity index (χ4n) is 1.43. The van der Waals surface area contributed by atoms with Gasteiger partial charge in [-0.1, -0.05) is 23.7 Å². The van der Waals surface area contributed by atoms with E-state index >= 15 is 0 Å². The van der Waals surface area contributed by atoms with Gasteiger partial charge < -0.3 is 5.32 Å². The molecule has 0 bridgehead atoms. The van der Waals surface area contributed by atoms with Crippen LogP contribution in [0.4, 0.5) is 5.69 Å². The number of halogens is 1. The second-order valence-corrected chi connectivity index (χ2v) is 3.99. The van der Waals surface area contributed by atoms with Crippen molar-refractivity contribution in [3.8, 4) is 0 Å². The normalized spacial score (nSPS) is 10.1. The first-order valence-corrected chi connectivity index (χ1v) is 5.60. The van der Waals surface area contributed by atoms with Crippen molar-refractivity contribution in [2.24, 2.45) is 0 Å². The molecule has 1 aromatic heterocycles. The molecule has 0 spiro atoms. The number of carbonyl (C=O) groups excluding carboxylic acids is 2. The molecule has 1 amide bonds. The second kappa shape index (κ2) is 5.46. The summed E-state index contributed by atoms with van der Waals surface area (Å²) in [5.74, 6) is -0.261. The SMILES string of the molecule is O=Cc1ccn(CC(=O)Nc2ccccc2Cl)n1. The lowest BCUT2D eigenvalue weighted by atomic mass is 10.3. The molecule has 0 radical (unpaired) electrons. The van der Waals surface area contributed by atoms with E-state index in [1.54, 1.807) is 30.5 Å². The highest BCUT2D eigenvalue weighted by atomic mass is 35.5. The molecule has 1 aromatic carbocycles. The summed E-state index contributed by atoms with van der Waals surface area (Å²) < 4.78 is 1.38. The van der Waals surface area contributed by atoms with Crippen molar-refractivity contribution >= 4 is 29.5 Å². The molecule has 0 aliphatic carbocycles. The number of carbonyl (C=O) groups is 2. The Morgan fingerprint density at radius 1 is 1.39 bits per heavy atom. The number of aromatic nitrogens is 2. The van der Waals surface area contributed by atoms with E-state index in [0.29, 0.717) is 22.7 Å². The van der Waals surface area contributed by atoms with E-state index < -0.39 is 0 Å². The first-order chi connectivity index (χ1) is 8.69. The van der Waals surface area contributed by atoms with Gasteiger partial charge in [0.2, 0.25) is 5.91 Å². The van der Waals surface area contributed by atoms with Crippen LogP contribution < -0.4 is 5.32 Å². The fourth-order valence-corrected chi connectivity index (χ4v) is 1.61. The number of aldehydes is 1. The molecule has 92 valence electrons. The van der Waals surface area contributed by atoms with E-state index in [-0.39, 0.29) is 12.5 Å². The smallest absolute Gasteiger partial charge is 0.246 e. The number of amides is 1. The van der Waals surface area contributed by atoms with E-state index in [0.717, 1.165) is 0 Å². The number of para-hydroxylation sites is 1. The van der Waals surface area contributed by atoms with Crippen molar-refractivity contribution in [3.05, 3.63) is 47.2 Å². The number of rotatable bonds is 4. The summed E-state index contributed by atoms with van der Waals surface area (Å²) in [4.78, 5) is 22.2. The summed E-state index contributed by atoms with van der Waals surface area (Å²) >= 11 is 5.91. The number of nitrogens with zero attached hydrogens (tertiary/aromatic N) is 2. The lowest BCUT2D eigenvalue weighted by molar-refractivity contribution is -0.116. The maximum Gasteiger partial charge on any atom is 0.246 e. The van der Waals surface area contributed by atoms with Gasteiger partial charge in [0, 0.05) is 6.20 Å². The molecule has 0 aliphatic rings. The Morgan fingerprint density at radius 3 is 2.83 bits per heavy atom. The van der Waals surface area contributed by atoms with Crippen LogP contribution in [0, 0.1) is 0 Å². The zero-order valence-corrected chi connectivity index (χ0v) is 10.1. The number of hydrogen-bond donors (Lipinski definition) is 1. The molecule has 0 unspecified atom stereocenters. The molecule has 0 aliphatic heterocycles. The first-order valence-electron chi connectivity index (χ1n) is 5.22. The van der Waals surface area contributed by atoms with Gasteiger partial charge in [-0.2, -0.15) is 5.10 Å². The van der Waals surface area contributed by atoms with Crippen LogP contribution in [0.5, 0.6) is 0 Å². The predicted molar refractivity (Wildman–Crippen MR) is 67.7 cm³/mol. The highest BCUT2D eigenvalue weighted by Crippen LogP contribution is 2.20. The van der Waals surface area contributed by atoms with Crippen molar-refractivity contribution in [1.29, 1.82) is 0 Å². The molecular weight excluding hydrogens is 254 g/mol. The molecule has 0 saturated carbocycles. The van der Waals surface area contributed by atoms with Crippen LogP contribution >= 0.6 is 11.6 Å². The molecule has 2 rings (SSSR count). The zero-order valence-electron chi connectivity index (χ0n) is 9.34. The Labute approximate surface area is 108 Å². The molecule has 1 N–H and O–H groups in total. The minimum Gasteiger partial charge on any atom is -0.323 e. The van der Waals surface area contributed by atoms with Crippen LogP contribution in [0.3, 0.4) is 0 Å². The van der Waals surface area contributed by atoms with Crippen molar-refractivity contribution in [3.63, 3.8) is 0 Å². The Hall–Kier alpha value is -2.14. The molecule has 0 atom stereocenters. The molecule has 0 saturated heterocycles. The van der Waals surface area contributed by atoms with Gasteiger partial charge in [0.25, 0.3) is 0 Å². The Bertz CT molecular complexity index is 580. The highest BCUT2D eigenvalue weighted by molar-refractivity contribution is 6.33. The number of hydrogen-bond acceptors (Lipinski definition) is 3. The summed E-state index contributed by atoms with van der Waals surface area (Å²) in [6.07, 6.45) is 2.19. The molecule has 5 nitrogen and oxygen atoms in total. The summed E-state index contributed by atoms with van der Waals surface area (Å²) in [7, 11) is 0. The Balaban J connectivity index is 2.01. The van der Waals surface area contributed by atoms with Gasteiger partial charge in [-0.25, -0.2) is 0 Å². The quantitative estimate of drug-likeness (QED) is 0.858. The van der Waals surface area contributed by atoms with Crippen LogP contribution in [0.2, 0.25) is 5.02 Å². The van der Waals surface area contributed by atoms with Crippen LogP contribution in [0.15, 0.2) is 36.5 Å². The molecule has 0 fully saturated rings. The fraction of sp³-hybridized carbons (Fsp3) is 0.0833. The molecule has 18 heavy (non-hydrogen) atoms. The maximum atomic E-state index is 11.7. The van der Waals surface area contributed by atoms with Crippen LogP contribution in [-0.2, 0) is 11.3 Å². The molecular formula is C12H10ClN3O2. The minimum absolute atomic E-state index is 0.0268. The minimum atomic E-state index is -0.261. The average Bonchev–Trinajstić information content (AvgIpc) is 2.80. The van der Waals surface area contributed by atoms with Gasteiger partial charge >= 0.3 is 0 Å². The van der Waals surface area contributed by atoms with E-state index in [1.807, 2.05) is 0 Å². The predicted octanol–water partition coefficient (Wildman–Crippen LogP) is 1.99. The van der Waals surface area contributed by atoms with E-state index in [2.05, 4.69) is 10.4 Å². The standard InChI is InChI=1S/C12H10ClN3O2/c13-10-3-1-2-4-11(10)14-12(18)7-16-6-5-9(8-17)15-16/h1-6,8H,7H2,(H,14,18). The van der Waals surface area contributed by atoms with Gasteiger partial charge in [0.05, 0.1) is 10.7 Å². The van der Waals surface area contributed by atoms with E-state index in [4.69, 9.17) is 11.6 Å². The Kier molecular flexibility index (Phi) is 3.74. The summed E-state index contributed by atoms with van der Waals surface area (Å²) in [5, 5.41) is 7.03. The molecule has 2 aromatic rings. The molecule has 6 heteroatoms. The third kappa shape index (κ3) is 2.95. The van der Waals surface area contributed by atoms with Crippen molar-refractivity contribution in [2.75, 3.05) is 5.32 Å². The zero-order chi connectivity index (χ0) is 13.0. The average molecular weight is 264 g/mol. The Morgan fingerprint density at radius 2 is 2.17 bits per heavy atom. The van der Waals surface area contributed by atoms with Gasteiger partial charge in [-0.3, -0.25) is 14.3 Å². The third-order valence-electron chi connectivity index (χ3n) is 2.24. The summed E-state index contributed by atoms with van der Waals surface area (Å²) in [6.45, 7) is 0.0268. The van der Waals surface area contributed by atoms with Crippen molar-refractivity contribution in [2.45, 2.75) is 6.54 Å².